The van der Waals surface area contributed by atoms with Crippen molar-refractivity contribution in [2.75, 3.05) is 18.9 Å². The number of sulfonamides is 1. The van der Waals surface area contributed by atoms with Gasteiger partial charge in [-0.2, -0.15) is 0 Å². The fourth-order valence-corrected chi connectivity index (χ4v) is 3.47. The van der Waals surface area contributed by atoms with Crippen LogP contribution in [-0.4, -0.2) is 32.2 Å². The summed E-state index contributed by atoms with van der Waals surface area (Å²) in [6.07, 6.45) is 1.65. The first-order valence-corrected chi connectivity index (χ1v) is 9.42. The Morgan fingerprint density at radius 2 is 1.84 bits per heavy atom. The Morgan fingerprint density at radius 1 is 1.16 bits per heavy atom. The van der Waals surface area contributed by atoms with Crippen molar-refractivity contribution in [2.45, 2.75) is 24.7 Å². The van der Waals surface area contributed by atoms with Crippen molar-refractivity contribution in [1.82, 2.24) is 4.31 Å². The molecule has 0 saturated heterocycles. The number of benzene rings is 2. The van der Waals surface area contributed by atoms with E-state index in [9.17, 15) is 17.6 Å². The van der Waals surface area contributed by atoms with E-state index in [-0.39, 0.29) is 10.5 Å². The molecular weight excluding hydrogens is 343 g/mol. The molecule has 2 aromatic carbocycles. The van der Waals surface area contributed by atoms with E-state index >= 15 is 0 Å². The second kappa shape index (κ2) is 8.22. The molecule has 5 nitrogen and oxygen atoms in total. The Morgan fingerprint density at radius 3 is 2.48 bits per heavy atom. The van der Waals surface area contributed by atoms with Gasteiger partial charge in [0.25, 0.3) is 5.91 Å². The number of unbranched alkanes of at least 4 members (excludes halogenated alkanes) is 1. The number of nitrogens with zero attached hydrogens (tertiary/aromatic N) is 1. The number of hydrogen-bond donors (Lipinski definition) is 1. The predicted octanol–water partition coefficient (Wildman–Crippen LogP) is 3.50. The van der Waals surface area contributed by atoms with Crippen LogP contribution in [0.2, 0.25) is 0 Å². The maximum absolute atomic E-state index is 12.9. The minimum absolute atomic E-state index is 0.0675. The summed E-state index contributed by atoms with van der Waals surface area (Å²) in [5.74, 6) is -0.860. The number of nitrogens with one attached hydrogen (secondary N) is 1. The molecule has 25 heavy (non-hydrogen) atoms. The van der Waals surface area contributed by atoms with Gasteiger partial charge in [0.1, 0.15) is 5.82 Å². The van der Waals surface area contributed by atoms with Gasteiger partial charge in [-0.05, 0) is 48.9 Å². The van der Waals surface area contributed by atoms with Crippen LogP contribution in [0.5, 0.6) is 0 Å². The number of halogens is 1. The highest BCUT2D eigenvalue weighted by Crippen LogP contribution is 2.18. The zero-order chi connectivity index (χ0) is 18.4. The van der Waals surface area contributed by atoms with Gasteiger partial charge in [0.05, 0.1) is 4.90 Å². The summed E-state index contributed by atoms with van der Waals surface area (Å²) in [5.41, 5.74) is 0.647. The molecule has 2 rings (SSSR count). The average molecular weight is 364 g/mol. The summed E-state index contributed by atoms with van der Waals surface area (Å²) in [7, 11) is -2.12. The van der Waals surface area contributed by atoms with Crippen LogP contribution < -0.4 is 5.32 Å². The molecule has 134 valence electrons. The summed E-state index contributed by atoms with van der Waals surface area (Å²) < 4.78 is 39.3. The van der Waals surface area contributed by atoms with Crippen LogP contribution in [0.1, 0.15) is 30.1 Å². The Labute approximate surface area is 147 Å². The monoisotopic (exact) mass is 364 g/mol. The predicted molar refractivity (Wildman–Crippen MR) is 95.5 cm³/mol. The van der Waals surface area contributed by atoms with E-state index in [1.165, 1.54) is 59.9 Å². The third kappa shape index (κ3) is 4.87. The first-order valence-electron chi connectivity index (χ1n) is 7.98. The standard InChI is InChI=1S/C18H21FN2O3S/c1-3-4-12-21(2)25(23,24)17-7-5-6-14(13-17)18(22)20-16-10-8-15(19)9-11-16/h5-11,13H,3-4,12H2,1-2H3,(H,20,22). The highest BCUT2D eigenvalue weighted by molar-refractivity contribution is 7.89. The van der Waals surface area contributed by atoms with Crippen LogP contribution in [-0.2, 0) is 10.0 Å². The molecule has 0 radical (unpaired) electrons. The van der Waals surface area contributed by atoms with Gasteiger partial charge in [-0.25, -0.2) is 17.1 Å². The van der Waals surface area contributed by atoms with Gasteiger partial charge in [-0.1, -0.05) is 19.4 Å². The molecule has 0 spiro atoms. The minimum Gasteiger partial charge on any atom is -0.322 e. The lowest BCUT2D eigenvalue weighted by Gasteiger charge is -2.17. The molecular formula is C18H21FN2O3S. The number of rotatable bonds is 7. The SMILES string of the molecule is CCCCN(C)S(=O)(=O)c1cccc(C(=O)Nc2ccc(F)cc2)c1. The number of anilines is 1. The van der Waals surface area contributed by atoms with Crippen LogP contribution in [0.15, 0.2) is 53.4 Å². The van der Waals surface area contributed by atoms with E-state index in [1.807, 2.05) is 6.92 Å². The molecule has 2 aromatic rings. The van der Waals surface area contributed by atoms with Crippen LogP contribution in [0.3, 0.4) is 0 Å². The lowest BCUT2D eigenvalue weighted by molar-refractivity contribution is 0.102. The maximum Gasteiger partial charge on any atom is 0.255 e. The van der Waals surface area contributed by atoms with Crippen molar-refractivity contribution in [1.29, 1.82) is 0 Å². The summed E-state index contributed by atoms with van der Waals surface area (Å²) in [6, 6.07) is 11.2. The summed E-state index contributed by atoms with van der Waals surface area (Å²) in [5, 5.41) is 2.61. The molecule has 0 unspecified atom stereocenters. The molecule has 7 heteroatoms. The van der Waals surface area contributed by atoms with E-state index in [4.69, 9.17) is 0 Å². The van der Waals surface area contributed by atoms with Crippen LogP contribution >= 0.6 is 0 Å². The normalized spacial score (nSPS) is 11.5. The van der Waals surface area contributed by atoms with Crippen LogP contribution in [0.4, 0.5) is 10.1 Å². The minimum atomic E-state index is -3.64. The molecule has 0 atom stereocenters. The van der Waals surface area contributed by atoms with Crippen molar-refractivity contribution >= 4 is 21.6 Å². The lowest BCUT2D eigenvalue weighted by Crippen LogP contribution is -2.28. The van der Waals surface area contributed by atoms with E-state index < -0.39 is 21.7 Å². The molecule has 0 bridgehead atoms. The molecule has 0 saturated carbocycles. The second-order valence-corrected chi connectivity index (χ2v) is 7.71. The van der Waals surface area contributed by atoms with Crippen molar-refractivity contribution in [3.05, 3.63) is 59.9 Å². The third-order valence-corrected chi connectivity index (χ3v) is 5.59. The zero-order valence-corrected chi connectivity index (χ0v) is 15.0. The van der Waals surface area contributed by atoms with Crippen LogP contribution in [0, 0.1) is 5.82 Å². The number of hydrogen-bond acceptors (Lipinski definition) is 3. The van der Waals surface area contributed by atoms with E-state index in [0.717, 1.165) is 12.8 Å². The van der Waals surface area contributed by atoms with Crippen molar-refractivity contribution in [3.63, 3.8) is 0 Å². The molecule has 0 fully saturated rings. The fraction of sp³-hybridized carbons (Fsp3) is 0.278. The topological polar surface area (TPSA) is 66.5 Å². The van der Waals surface area contributed by atoms with Gasteiger partial charge in [0.15, 0.2) is 0 Å². The number of amides is 1. The maximum atomic E-state index is 12.9. The van der Waals surface area contributed by atoms with Crippen molar-refractivity contribution in [2.24, 2.45) is 0 Å². The smallest absolute Gasteiger partial charge is 0.255 e. The molecule has 0 aliphatic heterocycles. The summed E-state index contributed by atoms with van der Waals surface area (Å²) in [6.45, 7) is 2.41. The number of carbonyl (C=O) groups is 1. The first kappa shape index (κ1) is 19.1. The molecule has 1 N–H and O–H groups in total. The van der Waals surface area contributed by atoms with Gasteiger partial charge in [-0.3, -0.25) is 4.79 Å². The lowest BCUT2D eigenvalue weighted by atomic mass is 10.2. The molecule has 0 aliphatic rings. The van der Waals surface area contributed by atoms with Gasteiger partial charge < -0.3 is 5.32 Å². The number of carbonyl (C=O) groups excluding carboxylic acids is 1. The highest BCUT2D eigenvalue weighted by Gasteiger charge is 2.21. The van der Waals surface area contributed by atoms with Crippen molar-refractivity contribution < 1.29 is 17.6 Å². The van der Waals surface area contributed by atoms with E-state index in [2.05, 4.69) is 5.32 Å². The quantitative estimate of drug-likeness (QED) is 0.818. The Bertz CT molecular complexity index is 836. The third-order valence-electron chi connectivity index (χ3n) is 3.73. The summed E-state index contributed by atoms with van der Waals surface area (Å²) >= 11 is 0. The van der Waals surface area contributed by atoms with E-state index in [1.54, 1.807) is 0 Å². The van der Waals surface area contributed by atoms with Gasteiger partial charge >= 0.3 is 0 Å². The summed E-state index contributed by atoms with van der Waals surface area (Å²) in [4.78, 5) is 12.4. The average Bonchev–Trinajstić information content (AvgIpc) is 2.61. The first-order chi connectivity index (χ1) is 11.8. The van der Waals surface area contributed by atoms with E-state index in [0.29, 0.717) is 12.2 Å². The van der Waals surface area contributed by atoms with Gasteiger partial charge in [-0.15, -0.1) is 0 Å². The van der Waals surface area contributed by atoms with Crippen LogP contribution in [0.25, 0.3) is 0 Å². The molecule has 1 amide bonds. The largest absolute Gasteiger partial charge is 0.322 e. The zero-order valence-electron chi connectivity index (χ0n) is 14.2. The Hall–Kier alpha value is -2.25. The highest BCUT2D eigenvalue weighted by atomic mass is 32.2. The Balaban J connectivity index is 2.20. The molecule has 0 heterocycles. The van der Waals surface area contributed by atoms with Gasteiger partial charge in [0, 0.05) is 24.8 Å². The fourth-order valence-electron chi connectivity index (χ4n) is 2.22. The van der Waals surface area contributed by atoms with Crippen molar-refractivity contribution in [3.8, 4) is 0 Å². The Kier molecular flexibility index (Phi) is 6.27. The van der Waals surface area contributed by atoms with Gasteiger partial charge in [0.2, 0.25) is 10.0 Å². The molecule has 0 aliphatic carbocycles. The molecule has 0 aromatic heterocycles. The second-order valence-electron chi connectivity index (χ2n) is 5.67.